The van der Waals surface area contributed by atoms with E-state index in [1.807, 2.05) is 30.9 Å². The molecule has 8 nitrogen and oxygen atoms in total. The van der Waals surface area contributed by atoms with Gasteiger partial charge < -0.3 is 15.4 Å². The SMILES string of the molecule is BC(Nc1cc(Cl)c2ncc(C#N)c(NC3CCOC(C)(C)C3)c2c1)(c1ccc(F)cc1)c1cn(C2CC2)nn1. The van der Waals surface area contributed by atoms with Crippen LogP contribution in [0.4, 0.5) is 15.8 Å². The van der Waals surface area contributed by atoms with E-state index in [2.05, 4.69) is 45.8 Å². The third-order valence-corrected chi connectivity index (χ3v) is 8.14. The van der Waals surface area contributed by atoms with Crippen molar-refractivity contribution in [1.29, 1.82) is 5.26 Å². The van der Waals surface area contributed by atoms with Crippen molar-refractivity contribution in [3.8, 4) is 6.07 Å². The minimum Gasteiger partial charge on any atom is -0.380 e. The summed E-state index contributed by atoms with van der Waals surface area (Å²) in [6, 6.07) is 12.9. The molecule has 3 heterocycles. The number of hydrogen-bond acceptors (Lipinski definition) is 7. The molecule has 1 saturated carbocycles. The highest BCUT2D eigenvalue weighted by molar-refractivity contribution is 6.36. The minimum absolute atomic E-state index is 0.124. The Labute approximate surface area is 238 Å². The van der Waals surface area contributed by atoms with Crippen LogP contribution in [0.25, 0.3) is 10.9 Å². The number of fused-ring (bicyclic) bond motifs is 1. The molecule has 2 atom stereocenters. The monoisotopic (exact) mass is 557 g/mol. The van der Waals surface area contributed by atoms with Gasteiger partial charge in [0.05, 0.1) is 45.1 Å². The van der Waals surface area contributed by atoms with Crippen molar-refractivity contribution in [2.24, 2.45) is 0 Å². The molecule has 0 spiro atoms. The smallest absolute Gasteiger partial charge is 0.148 e. The molecule has 2 aromatic heterocycles. The lowest BCUT2D eigenvalue weighted by Gasteiger charge is -2.36. The number of ether oxygens (including phenoxy) is 1. The maximum Gasteiger partial charge on any atom is 0.148 e. The second-order valence-electron chi connectivity index (χ2n) is 11.5. The van der Waals surface area contributed by atoms with Crippen molar-refractivity contribution >= 4 is 41.7 Å². The fraction of sp³-hybridized carbons (Fsp3) is 0.379. The van der Waals surface area contributed by atoms with Crippen molar-refractivity contribution < 1.29 is 9.13 Å². The highest BCUT2D eigenvalue weighted by Crippen LogP contribution is 2.39. The zero-order chi connectivity index (χ0) is 28.1. The van der Waals surface area contributed by atoms with Gasteiger partial charge in [-0.25, -0.2) is 9.07 Å². The van der Waals surface area contributed by atoms with Gasteiger partial charge in [-0.15, -0.1) is 5.10 Å². The number of nitrogens with zero attached hydrogens (tertiary/aromatic N) is 5. The number of halogens is 2. The van der Waals surface area contributed by atoms with E-state index in [1.54, 1.807) is 18.3 Å². The Morgan fingerprint density at radius 3 is 2.70 bits per heavy atom. The second-order valence-corrected chi connectivity index (χ2v) is 11.9. The predicted molar refractivity (Wildman–Crippen MR) is 156 cm³/mol. The molecule has 2 aliphatic rings. The molecular formula is C29H30BClFN7O. The Morgan fingerprint density at radius 1 is 1.23 bits per heavy atom. The summed E-state index contributed by atoms with van der Waals surface area (Å²) in [6.07, 6.45) is 7.30. The van der Waals surface area contributed by atoms with Crippen molar-refractivity contribution in [3.63, 3.8) is 0 Å². The topological polar surface area (TPSA) is 101 Å². The van der Waals surface area contributed by atoms with E-state index >= 15 is 0 Å². The normalized spacial score (nSPS) is 20.0. The van der Waals surface area contributed by atoms with Crippen LogP contribution in [0.1, 0.15) is 62.4 Å². The Hall–Kier alpha value is -3.68. The maximum atomic E-state index is 13.9. The molecular weight excluding hydrogens is 528 g/mol. The third kappa shape index (κ3) is 5.12. The molecule has 0 amide bonds. The quantitative estimate of drug-likeness (QED) is 0.303. The molecule has 1 aliphatic carbocycles. The summed E-state index contributed by atoms with van der Waals surface area (Å²) >= 11 is 6.80. The number of aromatic nitrogens is 4. The van der Waals surface area contributed by atoms with Gasteiger partial charge in [0, 0.05) is 29.9 Å². The van der Waals surface area contributed by atoms with Gasteiger partial charge in [-0.1, -0.05) is 28.9 Å². The van der Waals surface area contributed by atoms with Crippen LogP contribution in [0.5, 0.6) is 0 Å². The lowest BCUT2D eigenvalue weighted by Crippen LogP contribution is -2.40. The first-order valence-corrected chi connectivity index (χ1v) is 13.9. The highest BCUT2D eigenvalue weighted by Gasteiger charge is 2.35. The Morgan fingerprint density at radius 2 is 2.00 bits per heavy atom. The average Bonchev–Trinajstić information content (AvgIpc) is 3.64. The van der Waals surface area contributed by atoms with Crippen LogP contribution in [0, 0.1) is 17.1 Å². The third-order valence-electron chi connectivity index (χ3n) is 7.85. The van der Waals surface area contributed by atoms with Gasteiger partial charge >= 0.3 is 0 Å². The van der Waals surface area contributed by atoms with Crippen LogP contribution in [0.2, 0.25) is 5.02 Å². The molecule has 204 valence electrons. The van der Waals surface area contributed by atoms with Crippen LogP contribution >= 0.6 is 11.6 Å². The Bertz CT molecular complexity index is 1620. The van der Waals surface area contributed by atoms with Crippen LogP contribution < -0.4 is 10.6 Å². The molecule has 6 rings (SSSR count). The summed E-state index contributed by atoms with van der Waals surface area (Å²) in [5, 5.41) is 27.2. The Balaban J connectivity index is 1.43. The standard InChI is InChI=1S/C29H30BClFN7O/c1-28(2)13-20(9-10-40-28)35-26-17(14-33)15-34-27-23(26)11-21(12-24(27)31)36-29(30,18-3-5-19(32)6-4-18)25-16-39(38-37-25)22-7-8-22/h3-6,11-12,15-16,20,22,36H,7-10,13,30H2,1-2H3,(H,34,35). The lowest BCUT2D eigenvalue weighted by atomic mass is 9.69. The molecule has 0 radical (unpaired) electrons. The Kier molecular flexibility index (Phi) is 6.67. The summed E-state index contributed by atoms with van der Waals surface area (Å²) in [4.78, 5) is 4.51. The number of anilines is 2. The van der Waals surface area contributed by atoms with Gasteiger partial charge in [-0.2, -0.15) is 5.26 Å². The van der Waals surface area contributed by atoms with E-state index in [0.717, 1.165) is 36.6 Å². The first kappa shape index (κ1) is 26.5. The largest absolute Gasteiger partial charge is 0.380 e. The zero-order valence-electron chi connectivity index (χ0n) is 22.7. The predicted octanol–water partition coefficient (Wildman–Crippen LogP) is 5.14. The summed E-state index contributed by atoms with van der Waals surface area (Å²) in [7, 11) is 1.99. The van der Waals surface area contributed by atoms with Crippen LogP contribution in [0.15, 0.2) is 48.8 Å². The molecule has 1 saturated heterocycles. The highest BCUT2D eigenvalue weighted by atomic mass is 35.5. The van der Waals surface area contributed by atoms with Crippen molar-refractivity contribution in [3.05, 3.63) is 76.5 Å². The first-order chi connectivity index (χ1) is 19.1. The number of rotatable bonds is 7. The minimum atomic E-state index is -0.851. The van der Waals surface area contributed by atoms with Crippen LogP contribution in [-0.2, 0) is 10.2 Å². The molecule has 2 aromatic carbocycles. The van der Waals surface area contributed by atoms with E-state index in [4.69, 9.17) is 16.3 Å². The molecule has 2 N–H and O–H groups in total. The molecule has 11 heteroatoms. The molecule has 2 fully saturated rings. The van der Waals surface area contributed by atoms with Crippen molar-refractivity contribution in [1.82, 2.24) is 20.0 Å². The molecule has 1 aliphatic heterocycles. The van der Waals surface area contributed by atoms with Gasteiger partial charge in [-0.3, -0.25) is 4.98 Å². The number of nitrogens with one attached hydrogen (secondary N) is 2. The number of benzene rings is 2. The number of nitriles is 1. The van der Waals surface area contributed by atoms with Crippen LogP contribution in [0.3, 0.4) is 0 Å². The average molecular weight is 558 g/mol. The fourth-order valence-electron chi connectivity index (χ4n) is 5.51. The van der Waals surface area contributed by atoms with Gasteiger partial charge in [0.1, 0.15) is 25.4 Å². The number of hydrogen-bond donors (Lipinski definition) is 2. The van der Waals surface area contributed by atoms with E-state index in [1.165, 1.54) is 12.1 Å². The van der Waals surface area contributed by atoms with E-state index < -0.39 is 5.44 Å². The van der Waals surface area contributed by atoms with Gasteiger partial charge in [0.2, 0.25) is 0 Å². The van der Waals surface area contributed by atoms with Gasteiger partial charge in [-0.05, 0) is 69.4 Å². The second kappa shape index (κ2) is 10.1. The summed E-state index contributed by atoms with van der Waals surface area (Å²) in [6.45, 7) is 4.79. The van der Waals surface area contributed by atoms with Crippen molar-refractivity contribution in [2.45, 2.75) is 62.7 Å². The zero-order valence-corrected chi connectivity index (χ0v) is 23.5. The van der Waals surface area contributed by atoms with E-state index in [9.17, 15) is 9.65 Å². The van der Waals surface area contributed by atoms with Gasteiger partial charge in [0.25, 0.3) is 0 Å². The molecule has 0 bridgehead atoms. The fourth-order valence-corrected chi connectivity index (χ4v) is 5.78. The summed E-state index contributed by atoms with van der Waals surface area (Å²) < 4.78 is 21.7. The maximum absolute atomic E-state index is 13.9. The molecule has 2 unspecified atom stereocenters. The lowest BCUT2D eigenvalue weighted by molar-refractivity contribution is -0.0553. The van der Waals surface area contributed by atoms with Gasteiger partial charge in [0.15, 0.2) is 0 Å². The van der Waals surface area contributed by atoms with Crippen LogP contribution in [-0.4, -0.2) is 46.1 Å². The van der Waals surface area contributed by atoms with E-state index in [-0.39, 0.29) is 17.5 Å². The summed E-state index contributed by atoms with van der Waals surface area (Å²) in [5.41, 5.74) is 2.86. The van der Waals surface area contributed by atoms with E-state index in [0.29, 0.717) is 45.8 Å². The molecule has 40 heavy (non-hydrogen) atoms. The first-order valence-electron chi connectivity index (χ1n) is 13.5. The van der Waals surface area contributed by atoms with Crippen molar-refractivity contribution in [2.75, 3.05) is 17.2 Å². The summed E-state index contributed by atoms with van der Waals surface area (Å²) in [5.74, 6) is -0.316. The number of pyridine rings is 1. The molecule has 4 aromatic rings.